The minimum Gasteiger partial charge on any atom is -0.236 e. The molecule has 0 saturated carbocycles. The molecule has 2 aromatic rings. The number of aryl methyl sites for hydroxylation is 2. The molecule has 2 nitrogen and oxygen atoms in total. The standard InChI is InChI=1S/C14H14BrClN2/c1-3-13-10(7-16)8-17-14(18-13)11-5-4-9(2)6-12(11)15/h4-6,8H,3,7H2,1-2H3. The van der Waals surface area contributed by atoms with Crippen molar-refractivity contribution in [2.75, 3.05) is 0 Å². The van der Waals surface area contributed by atoms with Crippen LogP contribution in [0.2, 0.25) is 0 Å². The van der Waals surface area contributed by atoms with E-state index in [9.17, 15) is 0 Å². The van der Waals surface area contributed by atoms with Gasteiger partial charge in [0.05, 0.1) is 5.88 Å². The number of rotatable bonds is 3. The van der Waals surface area contributed by atoms with Gasteiger partial charge in [0.2, 0.25) is 0 Å². The van der Waals surface area contributed by atoms with Crippen LogP contribution < -0.4 is 0 Å². The zero-order chi connectivity index (χ0) is 13.1. The lowest BCUT2D eigenvalue weighted by atomic mass is 10.1. The molecule has 18 heavy (non-hydrogen) atoms. The fraction of sp³-hybridized carbons (Fsp3) is 0.286. The molecule has 1 aromatic carbocycles. The van der Waals surface area contributed by atoms with E-state index in [1.807, 2.05) is 12.3 Å². The molecule has 0 saturated heterocycles. The molecule has 0 radical (unpaired) electrons. The third-order valence-corrected chi connectivity index (χ3v) is 3.74. The van der Waals surface area contributed by atoms with Crippen molar-refractivity contribution in [3.63, 3.8) is 0 Å². The summed E-state index contributed by atoms with van der Waals surface area (Å²) in [7, 11) is 0. The lowest BCUT2D eigenvalue weighted by Crippen LogP contribution is -1.99. The van der Waals surface area contributed by atoms with Gasteiger partial charge < -0.3 is 0 Å². The largest absolute Gasteiger partial charge is 0.236 e. The van der Waals surface area contributed by atoms with Gasteiger partial charge in [-0.1, -0.05) is 28.9 Å². The van der Waals surface area contributed by atoms with Crippen LogP contribution in [0.5, 0.6) is 0 Å². The SMILES string of the molecule is CCc1nc(-c2ccc(C)cc2Br)ncc1CCl. The normalized spacial score (nSPS) is 10.7. The first kappa shape index (κ1) is 13.5. The van der Waals surface area contributed by atoms with Crippen molar-refractivity contribution in [1.82, 2.24) is 9.97 Å². The molecule has 94 valence electrons. The number of alkyl halides is 1. The lowest BCUT2D eigenvalue weighted by molar-refractivity contribution is 0.969. The van der Waals surface area contributed by atoms with Crippen LogP contribution in [0.15, 0.2) is 28.9 Å². The maximum atomic E-state index is 5.87. The van der Waals surface area contributed by atoms with Crippen molar-refractivity contribution in [3.8, 4) is 11.4 Å². The Kier molecular flexibility index (Phi) is 4.36. The van der Waals surface area contributed by atoms with Gasteiger partial charge in [0.1, 0.15) is 0 Å². The Bertz CT molecular complexity index is 570. The average Bonchev–Trinajstić information content (AvgIpc) is 2.38. The second-order valence-corrected chi connectivity index (χ2v) is 5.26. The summed E-state index contributed by atoms with van der Waals surface area (Å²) < 4.78 is 1.02. The first-order chi connectivity index (χ1) is 8.65. The molecule has 2 rings (SSSR count). The Morgan fingerprint density at radius 3 is 2.72 bits per heavy atom. The number of benzene rings is 1. The van der Waals surface area contributed by atoms with Gasteiger partial charge >= 0.3 is 0 Å². The molecule has 0 unspecified atom stereocenters. The lowest BCUT2D eigenvalue weighted by Gasteiger charge is -2.08. The van der Waals surface area contributed by atoms with E-state index in [2.05, 4.69) is 51.9 Å². The number of halogens is 2. The van der Waals surface area contributed by atoms with Gasteiger partial charge in [0.25, 0.3) is 0 Å². The second kappa shape index (κ2) is 5.81. The molecule has 1 heterocycles. The Balaban J connectivity index is 2.51. The van der Waals surface area contributed by atoms with Gasteiger partial charge in [-0.05, 0) is 31.0 Å². The van der Waals surface area contributed by atoms with Crippen LogP contribution in [0.4, 0.5) is 0 Å². The van der Waals surface area contributed by atoms with Crippen molar-refractivity contribution in [3.05, 3.63) is 45.7 Å². The summed E-state index contributed by atoms with van der Waals surface area (Å²) in [5.41, 5.74) is 4.24. The highest BCUT2D eigenvalue weighted by Crippen LogP contribution is 2.27. The van der Waals surface area contributed by atoms with Crippen LogP contribution in [0.1, 0.15) is 23.7 Å². The van der Waals surface area contributed by atoms with Crippen LogP contribution in [0.25, 0.3) is 11.4 Å². The van der Waals surface area contributed by atoms with E-state index in [1.54, 1.807) is 0 Å². The van der Waals surface area contributed by atoms with Gasteiger partial charge in [-0.15, -0.1) is 11.6 Å². The molecule has 0 aliphatic heterocycles. The number of hydrogen-bond donors (Lipinski definition) is 0. The third kappa shape index (κ3) is 2.73. The molecular formula is C14H14BrClN2. The van der Waals surface area contributed by atoms with Crippen molar-refractivity contribution in [2.45, 2.75) is 26.1 Å². The molecule has 1 aromatic heterocycles. The predicted octanol–water partition coefficient (Wildman–Crippen LogP) is 4.52. The Morgan fingerprint density at radius 2 is 2.11 bits per heavy atom. The topological polar surface area (TPSA) is 25.8 Å². The smallest absolute Gasteiger partial charge is 0.160 e. The minimum atomic E-state index is 0.457. The maximum absolute atomic E-state index is 5.87. The van der Waals surface area contributed by atoms with Crippen LogP contribution in [0.3, 0.4) is 0 Å². The number of hydrogen-bond acceptors (Lipinski definition) is 2. The monoisotopic (exact) mass is 324 g/mol. The fourth-order valence-corrected chi connectivity index (χ4v) is 2.68. The van der Waals surface area contributed by atoms with E-state index >= 15 is 0 Å². The summed E-state index contributed by atoms with van der Waals surface area (Å²) in [5, 5.41) is 0. The molecule has 0 aliphatic carbocycles. The highest BCUT2D eigenvalue weighted by Gasteiger charge is 2.09. The summed E-state index contributed by atoms with van der Waals surface area (Å²) in [6, 6.07) is 6.17. The van der Waals surface area contributed by atoms with Crippen molar-refractivity contribution < 1.29 is 0 Å². The molecule has 0 bridgehead atoms. The molecule has 4 heteroatoms. The van der Waals surface area contributed by atoms with E-state index in [1.165, 1.54) is 5.56 Å². The zero-order valence-corrected chi connectivity index (χ0v) is 12.7. The van der Waals surface area contributed by atoms with Gasteiger partial charge in [-0.25, -0.2) is 9.97 Å². The zero-order valence-electron chi connectivity index (χ0n) is 10.4. The molecule has 0 atom stereocenters. The summed E-state index contributed by atoms with van der Waals surface area (Å²) in [6.45, 7) is 4.13. The van der Waals surface area contributed by atoms with E-state index in [-0.39, 0.29) is 0 Å². The summed E-state index contributed by atoms with van der Waals surface area (Å²) in [5.74, 6) is 1.20. The quantitative estimate of drug-likeness (QED) is 0.776. The molecule has 0 fully saturated rings. The van der Waals surface area contributed by atoms with Crippen LogP contribution in [-0.4, -0.2) is 9.97 Å². The average molecular weight is 326 g/mol. The molecule has 0 aliphatic rings. The summed E-state index contributed by atoms with van der Waals surface area (Å²) >= 11 is 9.43. The highest BCUT2D eigenvalue weighted by molar-refractivity contribution is 9.10. The Hall–Kier alpha value is -0.930. The first-order valence-corrected chi connectivity index (χ1v) is 7.15. The fourth-order valence-electron chi connectivity index (χ4n) is 1.79. The molecule has 0 N–H and O–H groups in total. The van der Waals surface area contributed by atoms with E-state index < -0.39 is 0 Å². The van der Waals surface area contributed by atoms with Crippen LogP contribution in [0, 0.1) is 6.92 Å². The number of nitrogens with zero attached hydrogens (tertiary/aromatic N) is 2. The summed E-state index contributed by atoms with van der Waals surface area (Å²) in [4.78, 5) is 8.99. The minimum absolute atomic E-state index is 0.457. The van der Waals surface area contributed by atoms with Gasteiger partial charge in [0.15, 0.2) is 5.82 Å². The van der Waals surface area contributed by atoms with Crippen LogP contribution >= 0.6 is 27.5 Å². The van der Waals surface area contributed by atoms with Gasteiger partial charge in [-0.2, -0.15) is 0 Å². The predicted molar refractivity (Wildman–Crippen MR) is 78.8 cm³/mol. The van der Waals surface area contributed by atoms with E-state index in [0.717, 1.165) is 33.5 Å². The molecular weight excluding hydrogens is 312 g/mol. The van der Waals surface area contributed by atoms with Crippen molar-refractivity contribution in [2.24, 2.45) is 0 Å². The Labute approximate surface area is 121 Å². The van der Waals surface area contributed by atoms with Crippen molar-refractivity contribution >= 4 is 27.5 Å². The first-order valence-electron chi connectivity index (χ1n) is 5.83. The Morgan fingerprint density at radius 1 is 1.33 bits per heavy atom. The molecule has 0 amide bonds. The third-order valence-electron chi connectivity index (χ3n) is 2.80. The van der Waals surface area contributed by atoms with Crippen molar-refractivity contribution in [1.29, 1.82) is 0 Å². The van der Waals surface area contributed by atoms with E-state index in [0.29, 0.717) is 5.88 Å². The highest BCUT2D eigenvalue weighted by atomic mass is 79.9. The van der Waals surface area contributed by atoms with Crippen LogP contribution in [-0.2, 0) is 12.3 Å². The van der Waals surface area contributed by atoms with E-state index in [4.69, 9.17) is 11.6 Å². The molecule has 0 spiro atoms. The number of aromatic nitrogens is 2. The summed E-state index contributed by atoms with van der Waals surface area (Å²) in [6.07, 6.45) is 2.68. The van der Waals surface area contributed by atoms with Gasteiger partial charge in [-0.3, -0.25) is 0 Å². The second-order valence-electron chi connectivity index (χ2n) is 4.14. The van der Waals surface area contributed by atoms with Gasteiger partial charge in [0, 0.05) is 27.5 Å². The maximum Gasteiger partial charge on any atom is 0.160 e.